The van der Waals surface area contributed by atoms with Crippen molar-refractivity contribution < 1.29 is 0 Å². The summed E-state index contributed by atoms with van der Waals surface area (Å²) in [5.74, 6) is 0.423. The van der Waals surface area contributed by atoms with E-state index in [1.807, 2.05) is 24.3 Å². The van der Waals surface area contributed by atoms with E-state index in [4.69, 9.17) is 0 Å². The first-order valence-corrected chi connectivity index (χ1v) is 3.99. The molecule has 0 spiro atoms. The Bertz CT molecular complexity index is 216. The molecule has 0 aromatic heterocycles. The second kappa shape index (κ2) is 6.41. The average molecular weight is 160 g/mol. The van der Waals surface area contributed by atoms with Crippen molar-refractivity contribution in [3.05, 3.63) is 61.8 Å². The summed E-state index contributed by atoms with van der Waals surface area (Å²) in [4.78, 5) is 0. The molecule has 0 saturated heterocycles. The predicted octanol–water partition coefficient (Wildman–Crippen LogP) is 3.66. The average Bonchev–Trinajstić information content (AvgIpc) is 2.11. The Hall–Kier alpha value is -1.30. The van der Waals surface area contributed by atoms with E-state index >= 15 is 0 Å². The largest absolute Gasteiger partial charge is 0.102 e. The molecular weight excluding hydrogens is 144 g/mol. The van der Waals surface area contributed by atoms with Gasteiger partial charge in [-0.1, -0.05) is 56.5 Å². The van der Waals surface area contributed by atoms with Gasteiger partial charge in [-0.05, 0) is 11.5 Å². The molecule has 12 heavy (non-hydrogen) atoms. The van der Waals surface area contributed by atoms with Gasteiger partial charge in [-0.2, -0.15) is 0 Å². The van der Waals surface area contributed by atoms with E-state index in [9.17, 15) is 0 Å². The van der Waals surface area contributed by atoms with Gasteiger partial charge in [0, 0.05) is 0 Å². The summed E-state index contributed by atoms with van der Waals surface area (Å²) in [6.45, 7) is 13.1. The molecule has 0 amide bonds. The maximum absolute atomic E-state index is 3.75. The van der Waals surface area contributed by atoms with Crippen LogP contribution >= 0.6 is 0 Å². The highest BCUT2D eigenvalue weighted by Crippen LogP contribution is 1.98. The Morgan fingerprint density at radius 1 is 1.25 bits per heavy atom. The highest BCUT2D eigenvalue weighted by atomic mass is 13.9. The number of allylic oxidation sites excluding steroid dienone is 7. The molecule has 0 aliphatic heterocycles. The lowest BCUT2D eigenvalue weighted by Gasteiger charge is -1.92. The van der Waals surface area contributed by atoms with Crippen LogP contribution in [0.15, 0.2) is 61.8 Å². The Morgan fingerprint density at radius 3 is 2.42 bits per heavy atom. The van der Waals surface area contributed by atoms with Gasteiger partial charge in [-0.3, -0.25) is 0 Å². The van der Waals surface area contributed by atoms with E-state index < -0.39 is 0 Å². The third-order valence-corrected chi connectivity index (χ3v) is 1.47. The molecule has 1 atom stereocenters. The van der Waals surface area contributed by atoms with E-state index in [1.165, 1.54) is 0 Å². The zero-order valence-electron chi connectivity index (χ0n) is 7.66. The topological polar surface area (TPSA) is 0 Å². The third-order valence-electron chi connectivity index (χ3n) is 1.47. The van der Waals surface area contributed by atoms with Crippen molar-refractivity contribution in [2.45, 2.75) is 6.92 Å². The minimum absolute atomic E-state index is 0.423. The van der Waals surface area contributed by atoms with Gasteiger partial charge in [0.2, 0.25) is 0 Å². The van der Waals surface area contributed by atoms with Crippen molar-refractivity contribution in [1.29, 1.82) is 0 Å². The molecule has 0 heterocycles. The summed E-state index contributed by atoms with van der Waals surface area (Å²) in [6, 6.07) is 0. The lowest BCUT2D eigenvalue weighted by Crippen LogP contribution is -1.77. The lowest BCUT2D eigenvalue weighted by atomic mass is 10.1. The molecule has 0 bridgehead atoms. The van der Waals surface area contributed by atoms with Crippen molar-refractivity contribution in [2.75, 3.05) is 0 Å². The van der Waals surface area contributed by atoms with Gasteiger partial charge in [-0.15, -0.1) is 6.58 Å². The van der Waals surface area contributed by atoms with Crippen molar-refractivity contribution in [3.63, 3.8) is 0 Å². The monoisotopic (exact) mass is 160 g/mol. The molecule has 64 valence electrons. The first-order chi connectivity index (χ1) is 5.70. The van der Waals surface area contributed by atoms with Gasteiger partial charge in [0.05, 0.1) is 0 Å². The van der Waals surface area contributed by atoms with Crippen molar-refractivity contribution in [1.82, 2.24) is 0 Å². The summed E-state index contributed by atoms with van der Waals surface area (Å²) in [6.07, 6.45) is 11.5. The number of hydrogen-bond donors (Lipinski definition) is 0. The van der Waals surface area contributed by atoms with Crippen LogP contribution in [0.4, 0.5) is 0 Å². The third kappa shape index (κ3) is 5.48. The fourth-order valence-corrected chi connectivity index (χ4v) is 0.565. The predicted molar refractivity (Wildman–Crippen MR) is 57.0 cm³/mol. The van der Waals surface area contributed by atoms with Crippen molar-refractivity contribution >= 4 is 0 Å². The molecule has 0 N–H and O–H groups in total. The molecule has 0 rings (SSSR count). The van der Waals surface area contributed by atoms with E-state index in [0.29, 0.717) is 5.92 Å². The minimum atomic E-state index is 0.423. The summed E-state index contributed by atoms with van der Waals surface area (Å²) < 4.78 is 0. The summed E-state index contributed by atoms with van der Waals surface area (Å²) in [5.41, 5.74) is 0.922. The second-order valence-corrected chi connectivity index (χ2v) is 2.62. The minimum Gasteiger partial charge on any atom is -0.102 e. The first-order valence-electron chi connectivity index (χ1n) is 3.99. The van der Waals surface area contributed by atoms with Crippen LogP contribution in [0.25, 0.3) is 0 Å². The second-order valence-electron chi connectivity index (χ2n) is 2.62. The molecule has 0 heteroatoms. The highest BCUT2D eigenvalue weighted by molar-refractivity contribution is 5.27. The molecule has 0 aliphatic carbocycles. The molecule has 0 aliphatic rings. The molecule has 0 aromatic rings. The summed E-state index contributed by atoms with van der Waals surface area (Å²) >= 11 is 0. The molecule has 0 saturated carbocycles. The van der Waals surface area contributed by atoms with Crippen LogP contribution < -0.4 is 0 Å². The van der Waals surface area contributed by atoms with Crippen molar-refractivity contribution in [2.24, 2.45) is 5.92 Å². The Morgan fingerprint density at radius 2 is 1.92 bits per heavy atom. The zero-order chi connectivity index (χ0) is 9.40. The SMILES string of the molecule is C=CC(=C)/C=C\C=C/C(C)C=C. The summed E-state index contributed by atoms with van der Waals surface area (Å²) in [5, 5.41) is 0. The Balaban J connectivity index is 3.88. The quantitative estimate of drug-likeness (QED) is 0.425. The van der Waals surface area contributed by atoms with Crippen molar-refractivity contribution in [3.8, 4) is 0 Å². The van der Waals surface area contributed by atoms with Crippen LogP contribution in [0.2, 0.25) is 0 Å². The van der Waals surface area contributed by atoms with Crippen LogP contribution in [0.3, 0.4) is 0 Å². The fraction of sp³-hybridized carbons (Fsp3) is 0.167. The van der Waals surface area contributed by atoms with Crippen LogP contribution in [0, 0.1) is 5.92 Å². The molecule has 0 fully saturated rings. The van der Waals surface area contributed by atoms with Gasteiger partial charge in [0.1, 0.15) is 0 Å². The van der Waals surface area contributed by atoms with Gasteiger partial charge in [0.25, 0.3) is 0 Å². The molecule has 0 radical (unpaired) electrons. The Labute approximate surface area is 75.3 Å². The van der Waals surface area contributed by atoms with E-state index in [0.717, 1.165) is 5.57 Å². The van der Waals surface area contributed by atoms with Gasteiger partial charge >= 0.3 is 0 Å². The zero-order valence-corrected chi connectivity index (χ0v) is 7.66. The van der Waals surface area contributed by atoms with Gasteiger partial charge < -0.3 is 0 Å². The van der Waals surface area contributed by atoms with E-state index in [-0.39, 0.29) is 0 Å². The van der Waals surface area contributed by atoms with Crippen LogP contribution in [-0.2, 0) is 0 Å². The standard InChI is InChI=1S/C12H16/c1-5-11(3)9-7-8-10-12(4)6-2/h5-10,12H,1-3H2,4H3/b9-7-,10-8-. The fourth-order valence-electron chi connectivity index (χ4n) is 0.565. The lowest BCUT2D eigenvalue weighted by molar-refractivity contribution is 0.944. The first kappa shape index (κ1) is 10.7. The summed E-state index contributed by atoms with van der Waals surface area (Å²) in [7, 11) is 0. The van der Waals surface area contributed by atoms with Crippen LogP contribution in [-0.4, -0.2) is 0 Å². The normalized spacial score (nSPS) is 13.4. The smallest absolute Gasteiger partial charge is 0.00814 e. The number of rotatable bonds is 5. The van der Waals surface area contributed by atoms with Crippen LogP contribution in [0.1, 0.15) is 6.92 Å². The van der Waals surface area contributed by atoms with E-state index in [1.54, 1.807) is 6.08 Å². The molecule has 1 unspecified atom stereocenters. The maximum Gasteiger partial charge on any atom is -0.00814 e. The molecule has 0 nitrogen and oxygen atoms in total. The maximum atomic E-state index is 3.75. The van der Waals surface area contributed by atoms with Gasteiger partial charge in [0.15, 0.2) is 0 Å². The van der Waals surface area contributed by atoms with Crippen LogP contribution in [0.5, 0.6) is 0 Å². The Kier molecular flexibility index (Phi) is 5.72. The highest BCUT2D eigenvalue weighted by Gasteiger charge is 1.83. The van der Waals surface area contributed by atoms with Gasteiger partial charge in [-0.25, -0.2) is 0 Å². The number of hydrogen-bond acceptors (Lipinski definition) is 0. The van der Waals surface area contributed by atoms with E-state index in [2.05, 4.69) is 32.7 Å². The molecular formula is C12H16. The molecule has 0 aromatic carbocycles.